The lowest BCUT2D eigenvalue weighted by Gasteiger charge is -2.09. The minimum atomic E-state index is -0.155. The molecule has 3 rings (SSSR count). The molecule has 5 heteroatoms. The van der Waals surface area contributed by atoms with Crippen LogP contribution in [0.5, 0.6) is 5.75 Å². The zero-order valence-corrected chi connectivity index (χ0v) is 16.5. The highest BCUT2D eigenvalue weighted by Gasteiger charge is 2.09. The van der Waals surface area contributed by atoms with Gasteiger partial charge in [-0.3, -0.25) is 4.79 Å². The van der Waals surface area contributed by atoms with Gasteiger partial charge in [0, 0.05) is 22.6 Å². The van der Waals surface area contributed by atoms with Crippen molar-refractivity contribution >= 4 is 12.1 Å². The zero-order chi connectivity index (χ0) is 19.9. The summed E-state index contributed by atoms with van der Waals surface area (Å²) in [6, 6.07) is 19.8. The molecule has 0 aliphatic rings. The van der Waals surface area contributed by atoms with Gasteiger partial charge in [0.05, 0.1) is 19.2 Å². The number of para-hydroxylation sites is 1. The maximum atomic E-state index is 12.1. The van der Waals surface area contributed by atoms with Crippen LogP contribution in [0.25, 0.3) is 5.69 Å². The number of nitrogens with one attached hydrogen (secondary N) is 1. The van der Waals surface area contributed by atoms with E-state index in [0.29, 0.717) is 6.61 Å². The molecule has 0 radical (unpaired) electrons. The molecule has 1 N–H and O–H groups in total. The van der Waals surface area contributed by atoms with Gasteiger partial charge in [0.1, 0.15) is 5.75 Å². The molecule has 0 aliphatic carbocycles. The number of hydrogen-bond donors (Lipinski definition) is 1. The van der Waals surface area contributed by atoms with Crippen LogP contribution in [0.2, 0.25) is 0 Å². The van der Waals surface area contributed by atoms with Crippen molar-refractivity contribution in [3.05, 3.63) is 83.2 Å². The zero-order valence-electron chi connectivity index (χ0n) is 16.5. The maximum absolute atomic E-state index is 12.1. The first kappa shape index (κ1) is 19.4. The Balaban J connectivity index is 1.62. The summed E-state index contributed by atoms with van der Waals surface area (Å²) in [7, 11) is 0. The summed E-state index contributed by atoms with van der Waals surface area (Å²) in [5, 5.41) is 4.13. The molecule has 0 fully saturated rings. The number of carbonyl (C=O) groups is 1. The van der Waals surface area contributed by atoms with Crippen molar-refractivity contribution in [3.8, 4) is 11.4 Å². The second-order valence-corrected chi connectivity index (χ2v) is 6.54. The van der Waals surface area contributed by atoms with E-state index < -0.39 is 0 Å². The van der Waals surface area contributed by atoms with Crippen LogP contribution in [-0.2, 0) is 11.2 Å². The van der Waals surface area contributed by atoms with E-state index >= 15 is 0 Å². The molecule has 3 aromatic rings. The Morgan fingerprint density at radius 1 is 1.11 bits per heavy atom. The molecule has 1 heterocycles. The molecular formula is C23H25N3O2. The van der Waals surface area contributed by atoms with E-state index in [0.717, 1.165) is 34.0 Å². The van der Waals surface area contributed by atoms with E-state index in [4.69, 9.17) is 4.74 Å². The van der Waals surface area contributed by atoms with Crippen molar-refractivity contribution in [2.75, 3.05) is 6.61 Å². The molecule has 0 spiro atoms. The van der Waals surface area contributed by atoms with Gasteiger partial charge in [-0.2, -0.15) is 5.10 Å². The van der Waals surface area contributed by atoms with Crippen LogP contribution >= 0.6 is 0 Å². The van der Waals surface area contributed by atoms with Crippen LogP contribution in [-0.4, -0.2) is 23.3 Å². The first-order valence-corrected chi connectivity index (χ1v) is 9.36. The average molecular weight is 375 g/mol. The van der Waals surface area contributed by atoms with Gasteiger partial charge in [-0.15, -0.1) is 0 Å². The molecule has 0 unspecified atom stereocenters. The number of aromatic nitrogens is 1. The summed E-state index contributed by atoms with van der Waals surface area (Å²) < 4.78 is 7.58. The van der Waals surface area contributed by atoms with Gasteiger partial charge < -0.3 is 9.30 Å². The Morgan fingerprint density at radius 3 is 2.50 bits per heavy atom. The smallest absolute Gasteiger partial charge is 0.244 e. The number of ether oxygens (including phenoxy) is 1. The van der Waals surface area contributed by atoms with Crippen LogP contribution in [0.4, 0.5) is 0 Å². The second-order valence-electron chi connectivity index (χ2n) is 6.54. The van der Waals surface area contributed by atoms with Crippen LogP contribution < -0.4 is 10.2 Å². The maximum Gasteiger partial charge on any atom is 0.244 e. The van der Waals surface area contributed by atoms with Gasteiger partial charge in [0.25, 0.3) is 0 Å². The van der Waals surface area contributed by atoms with Crippen LogP contribution in [0.1, 0.15) is 29.4 Å². The van der Waals surface area contributed by atoms with Crippen molar-refractivity contribution in [2.45, 2.75) is 27.2 Å². The molecule has 1 aromatic heterocycles. The predicted molar refractivity (Wildman–Crippen MR) is 112 cm³/mol. The normalized spacial score (nSPS) is 11.0. The molecule has 2 aromatic carbocycles. The summed E-state index contributed by atoms with van der Waals surface area (Å²) in [6.45, 7) is 6.67. The van der Waals surface area contributed by atoms with Crippen LogP contribution in [0.3, 0.4) is 0 Å². The summed E-state index contributed by atoms with van der Waals surface area (Å²) in [4.78, 5) is 12.1. The van der Waals surface area contributed by atoms with Gasteiger partial charge in [-0.1, -0.05) is 30.3 Å². The van der Waals surface area contributed by atoms with Gasteiger partial charge in [-0.25, -0.2) is 5.43 Å². The number of carbonyl (C=O) groups excluding carboxylic acids is 1. The fourth-order valence-corrected chi connectivity index (χ4v) is 3.16. The molecule has 0 saturated carbocycles. The minimum Gasteiger partial charge on any atom is -0.494 e. The summed E-state index contributed by atoms with van der Waals surface area (Å²) >= 11 is 0. The lowest BCUT2D eigenvalue weighted by molar-refractivity contribution is -0.120. The highest BCUT2D eigenvalue weighted by molar-refractivity contribution is 5.84. The van der Waals surface area contributed by atoms with Gasteiger partial charge in [0.15, 0.2) is 0 Å². The lowest BCUT2D eigenvalue weighted by Crippen LogP contribution is -2.19. The summed E-state index contributed by atoms with van der Waals surface area (Å²) in [5.41, 5.74) is 7.80. The summed E-state index contributed by atoms with van der Waals surface area (Å²) in [5.74, 6) is 0.649. The number of nitrogens with zero attached hydrogens (tertiary/aromatic N) is 2. The van der Waals surface area contributed by atoms with Gasteiger partial charge in [0.2, 0.25) is 5.91 Å². The Hall–Kier alpha value is -3.34. The molecule has 0 saturated heterocycles. The third-order valence-electron chi connectivity index (χ3n) is 4.48. The standard InChI is InChI=1S/C23H25N3O2/c1-4-28-22-12-10-19(11-13-22)15-23(27)25-24-16-20-14-17(2)26(18(20)3)21-8-6-5-7-9-21/h5-14,16H,4,15H2,1-3H3,(H,25,27)/b24-16-. The van der Waals surface area contributed by atoms with Crippen LogP contribution in [0.15, 0.2) is 65.8 Å². The van der Waals surface area contributed by atoms with Crippen LogP contribution in [0, 0.1) is 13.8 Å². The molecule has 144 valence electrons. The van der Waals surface area contributed by atoms with E-state index in [1.807, 2.05) is 56.3 Å². The van der Waals surface area contributed by atoms with Crippen molar-refractivity contribution < 1.29 is 9.53 Å². The molecule has 0 atom stereocenters. The monoisotopic (exact) mass is 375 g/mol. The van der Waals surface area contributed by atoms with Crippen molar-refractivity contribution in [3.63, 3.8) is 0 Å². The first-order chi connectivity index (χ1) is 13.6. The number of rotatable bonds is 7. The van der Waals surface area contributed by atoms with Gasteiger partial charge in [-0.05, 0) is 56.7 Å². The Bertz CT molecular complexity index is 958. The highest BCUT2D eigenvalue weighted by Crippen LogP contribution is 2.19. The molecule has 5 nitrogen and oxygen atoms in total. The third kappa shape index (κ3) is 4.68. The first-order valence-electron chi connectivity index (χ1n) is 9.36. The Morgan fingerprint density at radius 2 is 1.82 bits per heavy atom. The largest absolute Gasteiger partial charge is 0.494 e. The SMILES string of the molecule is CCOc1ccc(CC(=O)N/N=C\c2cc(C)n(-c3ccccc3)c2C)cc1. The second kappa shape index (κ2) is 9.04. The average Bonchev–Trinajstić information content (AvgIpc) is 2.97. The summed E-state index contributed by atoms with van der Waals surface area (Å²) in [6.07, 6.45) is 1.96. The van der Waals surface area contributed by atoms with Crippen molar-refractivity contribution in [2.24, 2.45) is 5.10 Å². The number of hydrogen-bond acceptors (Lipinski definition) is 3. The van der Waals surface area contributed by atoms with E-state index in [9.17, 15) is 4.79 Å². The molecule has 0 bridgehead atoms. The lowest BCUT2D eigenvalue weighted by atomic mass is 10.1. The van der Waals surface area contributed by atoms with E-state index in [1.165, 1.54) is 0 Å². The Kier molecular flexibility index (Phi) is 6.27. The number of amides is 1. The molecule has 28 heavy (non-hydrogen) atoms. The number of aryl methyl sites for hydroxylation is 1. The highest BCUT2D eigenvalue weighted by atomic mass is 16.5. The van der Waals surface area contributed by atoms with Crippen molar-refractivity contribution in [1.82, 2.24) is 9.99 Å². The predicted octanol–water partition coefficient (Wildman–Crippen LogP) is 4.19. The fraction of sp³-hybridized carbons (Fsp3) is 0.217. The van der Waals surface area contributed by atoms with E-state index in [1.54, 1.807) is 6.21 Å². The van der Waals surface area contributed by atoms with Crippen molar-refractivity contribution in [1.29, 1.82) is 0 Å². The Labute approximate surface area is 165 Å². The van der Waals surface area contributed by atoms with Gasteiger partial charge >= 0.3 is 0 Å². The minimum absolute atomic E-state index is 0.155. The molecule has 1 amide bonds. The molecule has 0 aliphatic heterocycles. The number of benzene rings is 2. The van der Waals surface area contributed by atoms with E-state index in [2.05, 4.69) is 40.2 Å². The third-order valence-corrected chi connectivity index (χ3v) is 4.48. The topological polar surface area (TPSA) is 55.6 Å². The quantitative estimate of drug-likeness (QED) is 0.497. The number of hydrazone groups is 1. The van der Waals surface area contributed by atoms with E-state index in [-0.39, 0.29) is 12.3 Å². The fourth-order valence-electron chi connectivity index (χ4n) is 3.16. The molecular weight excluding hydrogens is 350 g/mol.